The van der Waals surface area contributed by atoms with Crippen molar-refractivity contribution in [2.45, 2.75) is 32.9 Å². The SMILES string of the molecule is CC(NC(=O)C(NC(=O)c1ccco1)C(C)C)c1nc2ccccc2[nH]1. The number of hydrogen-bond donors (Lipinski definition) is 3. The lowest BCUT2D eigenvalue weighted by molar-refractivity contribution is -0.124. The normalized spacial score (nSPS) is 13.5. The molecule has 0 aliphatic heterocycles. The van der Waals surface area contributed by atoms with Crippen molar-refractivity contribution in [1.29, 1.82) is 0 Å². The molecule has 0 spiro atoms. The summed E-state index contributed by atoms with van der Waals surface area (Å²) in [6.07, 6.45) is 1.42. The van der Waals surface area contributed by atoms with Crippen molar-refractivity contribution in [3.05, 3.63) is 54.2 Å². The van der Waals surface area contributed by atoms with E-state index in [2.05, 4.69) is 20.6 Å². The van der Waals surface area contributed by atoms with Crippen LogP contribution in [0, 0.1) is 5.92 Å². The third-order valence-electron chi connectivity index (χ3n) is 4.16. The Bertz CT molecular complexity index is 866. The van der Waals surface area contributed by atoms with E-state index in [4.69, 9.17) is 4.42 Å². The van der Waals surface area contributed by atoms with E-state index >= 15 is 0 Å². The summed E-state index contributed by atoms with van der Waals surface area (Å²) in [7, 11) is 0. The molecule has 2 amide bonds. The van der Waals surface area contributed by atoms with Crippen LogP contribution in [0.5, 0.6) is 0 Å². The topological polar surface area (TPSA) is 100 Å². The number of H-pyrrole nitrogens is 1. The van der Waals surface area contributed by atoms with Crippen LogP contribution in [0.15, 0.2) is 47.1 Å². The Morgan fingerprint density at radius 2 is 1.85 bits per heavy atom. The van der Waals surface area contributed by atoms with E-state index in [0.29, 0.717) is 5.82 Å². The summed E-state index contributed by atoms with van der Waals surface area (Å²) in [5, 5.41) is 5.64. The molecule has 3 rings (SSSR count). The smallest absolute Gasteiger partial charge is 0.287 e. The molecule has 0 aliphatic rings. The minimum atomic E-state index is -0.681. The van der Waals surface area contributed by atoms with Gasteiger partial charge in [0.05, 0.1) is 23.3 Å². The fraction of sp³-hybridized carbons (Fsp3) is 0.316. The first-order valence-electron chi connectivity index (χ1n) is 8.55. The molecule has 1 aromatic carbocycles. The molecular weight excluding hydrogens is 332 g/mol. The predicted octanol–water partition coefficient (Wildman–Crippen LogP) is 2.79. The first-order chi connectivity index (χ1) is 12.5. The average molecular weight is 354 g/mol. The second-order valence-electron chi connectivity index (χ2n) is 6.54. The molecule has 0 radical (unpaired) electrons. The lowest BCUT2D eigenvalue weighted by Crippen LogP contribution is -2.50. The molecule has 0 saturated heterocycles. The van der Waals surface area contributed by atoms with Crippen molar-refractivity contribution >= 4 is 22.8 Å². The fourth-order valence-corrected chi connectivity index (χ4v) is 2.70. The van der Waals surface area contributed by atoms with Crippen molar-refractivity contribution in [3.63, 3.8) is 0 Å². The van der Waals surface area contributed by atoms with Crippen LogP contribution < -0.4 is 10.6 Å². The van der Waals surface area contributed by atoms with E-state index in [1.165, 1.54) is 6.26 Å². The maximum atomic E-state index is 12.7. The number of fused-ring (bicyclic) bond motifs is 1. The summed E-state index contributed by atoms with van der Waals surface area (Å²) in [5.74, 6) is 0.0677. The van der Waals surface area contributed by atoms with Gasteiger partial charge in [-0.3, -0.25) is 9.59 Å². The second kappa shape index (κ2) is 7.43. The lowest BCUT2D eigenvalue weighted by Gasteiger charge is -2.23. The maximum Gasteiger partial charge on any atom is 0.287 e. The zero-order valence-corrected chi connectivity index (χ0v) is 14.9. The lowest BCUT2D eigenvalue weighted by atomic mass is 10.0. The fourth-order valence-electron chi connectivity index (χ4n) is 2.70. The van der Waals surface area contributed by atoms with E-state index in [1.54, 1.807) is 12.1 Å². The molecule has 3 N–H and O–H groups in total. The van der Waals surface area contributed by atoms with Crippen LogP contribution in [-0.4, -0.2) is 27.8 Å². The molecule has 7 nitrogen and oxygen atoms in total. The van der Waals surface area contributed by atoms with Gasteiger partial charge in [0.25, 0.3) is 5.91 Å². The number of benzene rings is 1. The van der Waals surface area contributed by atoms with Crippen molar-refractivity contribution in [2.24, 2.45) is 5.92 Å². The Morgan fingerprint density at radius 1 is 1.08 bits per heavy atom. The molecule has 0 saturated carbocycles. The molecule has 2 unspecified atom stereocenters. The van der Waals surface area contributed by atoms with Crippen molar-refractivity contribution < 1.29 is 14.0 Å². The van der Waals surface area contributed by atoms with Crippen molar-refractivity contribution in [2.75, 3.05) is 0 Å². The van der Waals surface area contributed by atoms with Crippen molar-refractivity contribution in [1.82, 2.24) is 20.6 Å². The molecular formula is C19H22N4O3. The monoisotopic (exact) mass is 354 g/mol. The van der Waals surface area contributed by atoms with Crippen LogP contribution in [0.3, 0.4) is 0 Å². The molecule has 26 heavy (non-hydrogen) atoms. The Balaban J connectivity index is 1.69. The number of nitrogens with zero attached hydrogens (tertiary/aromatic N) is 1. The summed E-state index contributed by atoms with van der Waals surface area (Å²) >= 11 is 0. The molecule has 7 heteroatoms. The highest BCUT2D eigenvalue weighted by Gasteiger charge is 2.27. The quantitative estimate of drug-likeness (QED) is 0.634. The summed E-state index contributed by atoms with van der Waals surface area (Å²) in [6.45, 7) is 5.60. The van der Waals surface area contributed by atoms with Gasteiger partial charge in [0.15, 0.2) is 5.76 Å². The number of para-hydroxylation sites is 2. The predicted molar refractivity (Wildman–Crippen MR) is 97.5 cm³/mol. The Morgan fingerprint density at radius 3 is 2.50 bits per heavy atom. The Hall–Kier alpha value is -3.09. The number of carbonyl (C=O) groups is 2. The van der Waals surface area contributed by atoms with Gasteiger partial charge in [-0.1, -0.05) is 26.0 Å². The number of furan rings is 1. The number of carbonyl (C=O) groups excluding carboxylic acids is 2. The van der Waals surface area contributed by atoms with Crippen molar-refractivity contribution in [3.8, 4) is 0 Å². The van der Waals surface area contributed by atoms with E-state index in [-0.39, 0.29) is 23.6 Å². The number of nitrogens with one attached hydrogen (secondary N) is 3. The number of imidazole rings is 1. The highest BCUT2D eigenvalue weighted by molar-refractivity contribution is 5.95. The highest BCUT2D eigenvalue weighted by atomic mass is 16.3. The van der Waals surface area contributed by atoms with Crippen LogP contribution in [-0.2, 0) is 4.79 Å². The van der Waals surface area contributed by atoms with E-state index < -0.39 is 11.9 Å². The summed E-state index contributed by atoms with van der Waals surface area (Å²) < 4.78 is 5.08. The minimum absolute atomic E-state index is 0.0863. The number of rotatable bonds is 6. The number of amides is 2. The largest absolute Gasteiger partial charge is 0.459 e. The van der Waals surface area contributed by atoms with E-state index in [9.17, 15) is 9.59 Å². The van der Waals surface area contributed by atoms with Crippen LogP contribution in [0.25, 0.3) is 11.0 Å². The van der Waals surface area contributed by atoms with Gasteiger partial charge in [0.2, 0.25) is 5.91 Å². The third kappa shape index (κ3) is 3.77. The maximum absolute atomic E-state index is 12.7. The van der Waals surface area contributed by atoms with Gasteiger partial charge in [-0.15, -0.1) is 0 Å². The van der Waals surface area contributed by atoms with E-state index in [0.717, 1.165) is 11.0 Å². The minimum Gasteiger partial charge on any atom is -0.459 e. The van der Waals surface area contributed by atoms with Gasteiger partial charge < -0.3 is 20.0 Å². The van der Waals surface area contributed by atoms with Crippen LogP contribution >= 0.6 is 0 Å². The first kappa shape index (κ1) is 17.7. The number of aromatic nitrogens is 2. The van der Waals surface area contributed by atoms with Gasteiger partial charge in [-0.25, -0.2) is 4.98 Å². The summed E-state index contributed by atoms with van der Waals surface area (Å²) in [4.78, 5) is 32.6. The van der Waals surface area contributed by atoms with Gasteiger partial charge in [0.1, 0.15) is 11.9 Å². The number of hydrogen-bond acceptors (Lipinski definition) is 4. The zero-order chi connectivity index (χ0) is 18.7. The van der Waals surface area contributed by atoms with Gasteiger partial charge in [0, 0.05) is 0 Å². The molecule has 3 aromatic rings. The molecule has 136 valence electrons. The average Bonchev–Trinajstić information content (AvgIpc) is 3.28. The van der Waals surface area contributed by atoms with Gasteiger partial charge in [-0.05, 0) is 37.1 Å². The van der Waals surface area contributed by atoms with Crippen LogP contribution in [0.1, 0.15) is 43.2 Å². The first-order valence-corrected chi connectivity index (χ1v) is 8.55. The van der Waals surface area contributed by atoms with Gasteiger partial charge >= 0.3 is 0 Å². The molecule has 2 heterocycles. The summed E-state index contributed by atoms with van der Waals surface area (Å²) in [5.41, 5.74) is 1.75. The van der Waals surface area contributed by atoms with E-state index in [1.807, 2.05) is 45.0 Å². The number of aromatic amines is 1. The Labute approximate surface area is 151 Å². The highest BCUT2D eigenvalue weighted by Crippen LogP contribution is 2.16. The Kier molecular flexibility index (Phi) is 5.06. The zero-order valence-electron chi connectivity index (χ0n) is 14.9. The van der Waals surface area contributed by atoms with Gasteiger partial charge in [-0.2, -0.15) is 0 Å². The van der Waals surface area contributed by atoms with Crippen LogP contribution in [0.4, 0.5) is 0 Å². The molecule has 2 atom stereocenters. The summed E-state index contributed by atoms with van der Waals surface area (Å²) in [6, 6.07) is 9.86. The third-order valence-corrected chi connectivity index (χ3v) is 4.16. The molecule has 0 aliphatic carbocycles. The molecule has 2 aromatic heterocycles. The molecule has 0 fully saturated rings. The standard InChI is InChI=1S/C19H22N4O3/c1-11(2)16(23-18(24)15-9-6-10-26-15)19(25)20-12(3)17-21-13-7-4-5-8-14(13)22-17/h4-12,16H,1-3H3,(H,20,25)(H,21,22)(H,23,24). The molecule has 0 bridgehead atoms. The van der Waals surface area contributed by atoms with Crippen LogP contribution in [0.2, 0.25) is 0 Å². The second-order valence-corrected chi connectivity index (χ2v) is 6.54.